The van der Waals surface area contributed by atoms with Gasteiger partial charge in [0.25, 0.3) is 0 Å². The lowest BCUT2D eigenvalue weighted by atomic mass is 10.1. The first-order valence-electron chi connectivity index (χ1n) is 7.56. The number of amides is 2. The number of aliphatic hydroxyl groups is 1. The van der Waals surface area contributed by atoms with Gasteiger partial charge in [0.15, 0.2) is 0 Å². The Kier molecular flexibility index (Phi) is 4.41. The summed E-state index contributed by atoms with van der Waals surface area (Å²) in [5, 5.41) is 16.0. The van der Waals surface area contributed by atoms with E-state index in [1.807, 2.05) is 50.2 Å². The molecule has 0 saturated heterocycles. The van der Waals surface area contributed by atoms with Crippen molar-refractivity contribution in [3.8, 4) is 0 Å². The molecular weight excluding hydrogens is 356 g/mol. The zero-order valence-electron chi connectivity index (χ0n) is 13.1. The molecule has 0 unspecified atom stereocenters. The van der Waals surface area contributed by atoms with Gasteiger partial charge in [-0.3, -0.25) is 0 Å². The number of carbonyl (C=O) groups excluding carboxylic acids is 1. The molecule has 3 N–H and O–H groups in total. The van der Waals surface area contributed by atoms with E-state index in [1.165, 1.54) is 0 Å². The SMILES string of the molecule is Cc1cc(Br)cc(C)c1NC(=O)N[C@@H]1c2ccccc2C[C@@H]1O. The average molecular weight is 375 g/mol. The highest BCUT2D eigenvalue weighted by molar-refractivity contribution is 9.10. The molecule has 1 aliphatic rings. The zero-order valence-corrected chi connectivity index (χ0v) is 14.6. The van der Waals surface area contributed by atoms with Crippen molar-refractivity contribution >= 4 is 27.6 Å². The summed E-state index contributed by atoms with van der Waals surface area (Å²) in [7, 11) is 0. The van der Waals surface area contributed by atoms with Crippen LogP contribution in [0.4, 0.5) is 10.5 Å². The monoisotopic (exact) mass is 374 g/mol. The molecule has 0 saturated carbocycles. The topological polar surface area (TPSA) is 61.4 Å². The van der Waals surface area contributed by atoms with Gasteiger partial charge in [-0.15, -0.1) is 0 Å². The Labute approximate surface area is 144 Å². The largest absolute Gasteiger partial charge is 0.390 e. The van der Waals surface area contributed by atoms with Crippen LogP contribution in [0.15, 0.2) is 40.9 Å². The van der Waals surface area contributed by atoms with Gasteiger partial charge in [-0.1, -0.05) is 40.2 Å². The quantitative estimate of drug-likeness (QED) is 0.747. The van der Waals surface area contributed by atoms with Crippen LogP contribution < -0.4 is 10.6 Å². The lowest BCUT2D eigenvalue weighted by molar-refractivity contribution is 0.144. The summed E-state index contributed by atoms with van der Waals surface area (Å²) in [6.45, 7) is 3.90. The second-order valence-electron chi connectivity index (χ2n) is 5.96. The number of hydrogen-bond donors (Lipinski definition) is 3. The maximum Gasteiger partial charge on any atom is 0.319 e. The van der Waals surface area contributed by atoms with Gasteiger partial charge in [0.2, 0.25) is 0 Å². The molecule has 23 heavy (non-hydrogen) atoms. The molecule has 0 radical (unpaired) electrons. The van der Waals surface area contributed by atoms with E-state index < -0.39 is 6.10 Å². The fourth-order valence-electron chi connectivity index (χ4n) is 3.15. The first-order valence-corrected chi connectivity index (χ1v) is 8.35. The van der Waals surface area contributed by atoms with Crippen LogP contribution in [0.25, 0.3) is 0 Å². The minimum Gasteiger partial charge on any atom is -0.390 e. The number of anilines is 1. The third-order valence-corrected chi connectivity index (χ3v) is 4.68. The summed E-state index contributed by atoms with van der Waals surface area (Å²) >= 11 is 3.45. The average Bonchev–Trinajstić information content (AvgIpc) is 2.79. The van der Waals surface area contributed by atoms with Crippen molar-refractivity contribution in [1.82, 2.24) is 5.32 Å². The van der Waals surface area contributed by atoms with E-state index in [9.17, 15) is 9.90 Å². The lowest BCUT2D eigenvalue weighted by Crippen LogP contribution is -2.37. The Morgan fingerprint density at radius 1 is 1.22 bits per heavy atom. The van der Waals surface area contributed by atoms with Gasteiger partial charge >= 0.3 is 6.03 Å². The van der Waals surface area contributed by atoms with Gasteiger partial charge in [0.1, 0.15) is 0 Å². The summed E-state index contributed by atoms with van der Waals surface area (Å²) in [5.41, 5.74) is 4.84. The summed E-state index contributed by atoms with van der Waals surface area (Å²) < 4.78 is 0.985. The number of aliphatic hydroxyl groups excluding tert-OH is 1. The smallest absolute Gasteiger partial charge is 0.319 e. The van der Waals surface area contributed by atoms with Crippen LogP contribution in [-0.4, -0.2) is 17.2 Å². The zero-order chi connectivity index (χ0) is 16.6. The van der Waals surface area contributed by atoms with Crippen LogP contribution in [0.1, 0.15) is 28.3 Å². The van der Waals surface area contributed by atoms with E-state index in [1.54, 1.807) is 0 Å². The second kappa shape index (κ2) is 6.34. The molecule has 3 rings (SSSR count). The molecule has 5 heteroatoms. The van der Waals surface area contributed by atoms with Crippen LogP contribution in [-0.2, 0) is 6.42 Å². The highest BCUT2D eigenvalue weighted by Crippen LogP contribution is 2.31. The Hall–Kier alpha value is -1.85. The van der Waals surface area contributed by atoms with Gasteiger partial charge < -0.3 is 15.7 Å². The standard InChI is InChI=1S/C18H19BrN2O2/c1-10-7-13(19)8-11(2)16(10)20-18(23)21-17-14-6-4-3-5-12(14)9-15(17)22/h3-8,15,17,22H,9H2,1-2H3,(H2,20,21,23)/t15-,17+/m0/s1. The fourth-order valence-corrected chi connectivity index (χ4v) is 3.83. The molecule has 1 aliphatic carbocycles. The number of hydrogen-bond acceptors (Lipinski definition) is 2. The Morgan fingerprint density at radius 3 is 2.57 bits per heavy atom. The molecular formula is C18H19BrN2O2. The maximum atomic E-state index is 12.4. The Bertz CT molecular complexity index is 737. The third kappa shape index (κ3) is 3.26. The van der Waals surface area contributed by atoms with Crippen molar-refractivity contribution in [2.45, 2.75) is 32.4 Å². The number of urea groups is 1. The number of halogens is 1. The molecule has 0 aromatic heterocycles. The van der Waals surface area contributed by atoms with Crippen molar-refractivity contribution in [3.05, 3.63) is 63.1 Å². The van der Waals surface area contributed by atoms with Crippen molar-refractivity contribution < 1.29 is 9.90 Å². The number of carbonyl (C=O) groups is 1. The summed E-state index contributed by atoms with van der Waals surface area (Å²) in [5.74, 6) is 0. The second-order valence-corrected chi connectivity index (χ2v) is 6.88. The number of rotatable bonds is 2. The molecule has 2 aromatic carbocycles. The molecule has 2 atom stereocenters. The summed E-state index contributed by atoms with van der Waals surface area (Å²) in [6.07, 6.45) is -0.0254. The normalized spacial score (nSPS) is 19.3. The predicted molar refractivity (Wildman–Crippen MR) is 94.7 cm³/mol. The number of nitrogens with one attached hydrogen (secondary N) is 2. The molecule has 2 aromatic rings. The van der Waals surface area contributed by atoms with Crippen molar-refractivity contribution in [2.75, 3.05) is 5.32 Å². The molecule has 0 heterocycles. The van der Waals surface area contributed by atoms with Crippen molar-refractivity contribution in [2.24, 2.45) is 0 Å². The van der Waals surface area contributed by atoms with E-state index in [2.05, 4.69) is 26.6 Å². The van der Waals surface area contributed by atoms with E-state index >= 15 is 0 Å². The van der Waals surface area contributed by atoms with E-state index in [-0.39, 0.29) is 12.1 Å². The van der Waals surface area contributed by atoms with Gasteiger partial charge in [0, 0.05) is 16.6 Å². The molecule has 0 fully saturated rings. The minimum atomic E-state index is -0.592. The van der Waals surface area contributed by atoms with E-state index in [0.717, 1.165) is 32.4 Å². The van der Waals surface area contributed by atoms with E-state index in [0.29, 0.717) is 6.42 Å². The molecule has 120 valence electrons. The number of fused-ring (bicyclic) bond motifs is 1. The number of aryl methyl sites for hydroxylation is 2. The van der Waals surface area contributed by atoms with Crippen molar-refractivity contribution in [1.29, 1.82) is 0 Å². The first kappa shape index (κ1) is 16.0. The molecule has 0 aliphatic heterocycles. The van der Waals surface area contributed by atoms with Crippen molar-refractivity contribution in [3.63, 3.8) is 0 Å². The highest BCUT2D eigenvalue weighted by Gasteiger charge is 2.31. The van der Waals surface area contributed by atoms with Crippen LogP contribution in [0.5, 0.6) is 0 Å². The van der Waals surface area contributed by atoms with Gasteiger partial charge in [-0.25, -0.2) is 4.79 Å². The van der Waals surface area contributed by atoms with Crippen LogP contribution in [0, 0.1) is 13.8 Å². The van der Waals surface area contributed by atoms with Gasteiger partial charge in [-0.05, 0) is 48.2 Å². The number of benzene rings is 2. The predicted octanol–water partition coefficient (Wildman–Crippen LogP) is 3.85. The maximum absolute atomic E-state index is 12.4. The summed E-state index contributed by atoms with van der Waals surface area (Å²) in [4.78, 5) is 12.4. The third-order valence-electron chi connectivity index (χ3n) is 4.23. The minimum absolute atomic E-state index is 0.306. The van der Waals surface area contributed by atoms with E-state index in [4.69, 9.17) is 0 Å². The van der Waals surface area contributed by atoms with Gasteiger partial charge in [-0.2, -0.15) is 0 Å². The molecule has 0 spiro atoms. The molecule has 2 amide bonds. The van der Waals surface area contributed by atoms with Crippen LogP contribution in [0.3, 0.4) is 0 Å². The van der Waals surface area contributed by atoms with Crippen LogP contribution in [0.2, 0.25) is 0 Å². The lowest BCUT2D eigenvalue weighted by Gasteiger charge is -2.19. The Balaban J connectivity index is 1.76. The fraction of sp³-hybridized carbons (Fsp3) is 0.278. The van der Waals surface area contributed by atoms with Gasteiger partial charge in [0.05, 0.1) is 12.1 Å². The van der Waals surface area contributed by atoms with Crippen LogP contribution >= 0.6 is 15.9 Å². The highest BCUT2D eigenvalue weighted by atomic mass is 79.9. The Morgan fingerprint density at radius 2 is 1.87 bits per heavy atom. The first-order chi connectivity index (χ1) is 11.0. The molecule has 0 bridgehead atoms. The summed E-state index contributed by atoms with van der Waals surface area (Å²) in [6, 6.07) is 11.1. The molecule has 4 nitrogen and oxygen atoms in total.